The molecule has 0 unspecified atom stereocenters. The predicted octanol–water partition coefficient (Wildman–Crippen LogP) is 2.69. The lowest BCUT2D eigenvalue weighted by Gasteiger charge is -2.20. The first kappa shape index (κ1) is 14.1. The summed E-state index contributed by atoms with van der Waals surface area (Å²) in [7, 11) is 0. The molecular formula is C14H23FN2. The number of halogens is 1. The number of hydrogen-bond acceptors (Lipinski definition) is 2. The Morgan fingerprint density at radius 1 is 1.12 bits per heavy atom. The average Bonchev–Trinajstić information content (AvgIpc) is 2.24. The monoisotopic (exact) mass is 238 g/mol. The lowest BCUT2D eigenvalue weighted by Crippen LogP contribution is -2.37. The first-order valence-corrected chi connectivity index (χ1v) is 6.18. The molecule has 2 N–H and O–H groups in total. The highest BCUT2D eigenvalue weighted by atomic mass is 19.1. The average molecular weight is 238 g/mol. The maximum atomic E-state index is 13.3. The van der Waals surface area contributed by atoms with Crippen molar-refractivity contribution < 1.29 is 4.39 Å². The van der Waals surface area contributed by atoms with Crippen LogP contribution in [0.15, 0.2) is 24.3 Å². The van der Waals surface area contributed by atoms with Crippen molar-refractivity contribution in [2.75, 3.05) is 13.1 Å². The second-order valence-corrected chi connectivity index (χ2v) is 5.30. The molecule has 1 aromatic carbocycles. The first-order valence-electron chi connectivity index (χ1n) is 6.18. The number of hydrogen-bond donors (Lipinski definition) is 2. The molecule has 17 heavy (non-hydrogen) atoms. The molecule has 0 aliphatic heterocycles. The molecule has 0 fully saturated rings. The van der Waals surface area contributed by atoms with E-state index in [2.05, 4.69) is 31.4 Å². The second-order valence-electron chi connectivity index (χ2n) is 5.30. The summed E-state index contributed by atoms with van der Waals surface area (Å²) in [5.74, 6) is -0.132. The van der Waals surface area contributed by atoms with E-state index in [-0.39, 0.29) is 11.4 Å². The summed E-state index contributed by atoms with van der Waals surface area (Å²) in [6.45, 7) is 8.94. The highest BCUT2D eigenvalue weighted by Crippen LogP contribution is 2.05. The lowest BCUT2D eigenvalue weighted by molar-refractivity contribution is 0.418. The van der Waals surface area contributed by atoms with Crippen molar-refractivity contribution in [1.82, 2.24) is 10.6 Å². The Kier molecular flexibility index (Phi) is 5.59. The maximum Gasteiger partial charge on any atom is 0.127 e. The molecule has 0 heterocycles. The van der Waals surface area contributed by atoms with Gasteiger partial charge in [0.15, 0.2) is 0 Å². The Balaban J connectivity index is 2.11. The van der Waals surface area contributed by atoms with Crippen molar-refractivity contribution in [3.8, 4) is 0 Å². The van der Waals surface area contributed by atoms with Crippen LogP contribution in [0, 0.1) is 5.82 Å². The van der Waals surface area contributed by atoms with Crippen LogP contribution in [-0.2, 0) is 6.54 Å². The Hall–Kier alpha value is -0.930. The topological polar surface area (TPSA) is 24.1 Å². The fourth-order valence-electron chi connectivity index (χ4n) is 1.54. The molecule has 0 aromatic heterocycles. The first-order chi connectivity index (χ1) is 7.99. The minimum Gasteiger partial charge on any atom is -0.313 e. The molecule has 0 bridgehead atoms. The zero-order chi connectivity index (χ0) is 12.7. The van der Waals surface area contributed by atoms with Crippen LogP contribution in [0.3, 0.4) is 0 Å². The van der Waals surface area contributed by atoms with Crippen LogP contribution in [0.2, 0.25) is 0 Å². The van der Waals surface area contributed by atoms with Gasteiger partial charge in [0.05, 0.1) is 0 Å². The van der Waals surface area contributed by atoms with Gasteiger partial charge in [-0.05, 0) is 46.3 Å². The van der Waals surface area contributed by atoms with Crippen LogP contribution in [-0.4, -0.2) is 18.6 Å². The molecule has 2 nitrogen and oxygen atoms in total. The van der Waals surface area contributed by atoms with Gasteiger partial charge in [0, 0.05) is 17.6 Å². The van der Waals surface area contributed by atoms with Crippen molar-refractivity contribution in [1.29, 1.82) is 0 Å². The van der Waals surface area contributed by atoms with Crippen molar-refractivity contribution in [2.24, 2.45) is 0 Å². The molecule has 1 aromatic rings. The summed E-state index contributed by atoms with van der Waals surface area (Å²) in [4.78, 5) is 0. The molecule has 0 spiro atoms. The van der Waals surface area contributed by atoms with E-state index in [4.69, 9.17) is 0 Å². The maximum absolute atomic E-state index is 13.3. The summed E-state index contributed by atoms with van der Waals surface area (Å²) < 4.78 is 13.3. The van der Waals surface area contributed by atoms with E-state index < -0.39 is 0 Å². The largest absolute Gasteiger partial charge is 0.313 e. The van der Waals surface area contributed by atoms with Crippen LogP contribution < -0.4 is 10.6 Å². The van der Waals surface area contributed by atoms with Crippen molar-refractivity contribution in [2.45, 2.75) is 39.3 Å². The molecule has 0 aliphatic carbocycles. The molecule has 1 rings (SSSR count). The zero-order valence-electron chi connectivity index (χ0n) is 11.0. The van der Waals surface area contributed by atoms with E-state index in [1.165, 1.54) is 6.07 Å². The van der Waals surface area contributed by atoms with Gasteiger partial charge in [-0.1, -0.05) is 18.2 Å². The zero-order valence-corrected chi connectivity index (χ0v) is 11.0. The minimum atomic E-state index is -0.132. The summed E-state index contributed by atoms with van der Waals surface area (Å²) in [5, 5.41) is 6.67. The highest BCUT2D eigenvalue weighted by molar-refractivity contribution is 5.16. The normalized spacial score (nSPS) is 11.8. The summed E-state index contributed by atoms with van der Waals surface area (Å²) in [6.07, 6.45) is 1.05. The van der Waals surface area contributed by atoms with Gasteiger partial charge >= 0.3 is 0 Å². The van der Waals surface area contributed by atoms with Gasteiger partial charge < -0.3 is 10.6 Å². The Morgan fingerprint density at radius 2 is 1.82 bits per heavy atom. The fourth-order valence-corrected chi connectivity index (χ4v) is 1.54. The Labute approximate surface area is 104 Å². The third kappa shape index (κ3) is 6.39. The number of nitrogens with one attached hydrogen (secondary N) is 2. The van der Waals surface area contributed by atoms with E-state index in [1.807, 2.05) is 12.1 Å². The summed E-state index contributed by atoms with van der Waals surface area (Å²) >= 11 is 0. The molecular weight excluding hydrogens is 215 g/mol. The van der Waals surface area contributed by atoms with Crippen molar-refractivity contribution >= 4 is 0 Å². The fraction of sp³-hybridized carbons (Fsp3) is 0.571. The molecule has 96 valence electrons. The summed E-state index contributed by atoms with van der Waals surface area (Å²) in [6, 6.07) is 6.89. The van der Waals surface area contributed by atoms with Gasteiger partial charge in [-0.15, -0.1) is 0 Å². The van der Waals surface area contributed by atoms with Gasteiger partial charge in [0.25, 0.3) is 0 Å². The van der Waals surface area contributed by atoms with Gasteiger partial charge in [0.1, 0.15) is 5.82 Å². The van der Waals surface area contributed by atoms with E-state index in [1.54, 1.807) is 6.07 Å². The SMILES string of the molecule is CC(C)(C)NCCCNCc1ccccc1F. The molecule has 0 saturated heterocycles. The predicted molar refractivity (Wildman–Crippen MR) is 70.5 cm³/mol. The van der Waals surface area contributed by atoms with E-state index in [9.17, 15) is 4.39 Å². The Bertz CT molecular complexity index is 331. The smallest absolute Gasteiger partial charge is 0.127 e. The van der Waals surface area contributed by atoms with Crippen molar-refractivity contribution in [3.63, 3.8) is 0 Å². The van der Waals surface area contributed by atoms with Gasteiger partial charge in [-0.2, -0.15) is 0 Å². The van der Waals surface area contributed by atoms with E-state index in [0.717, 1.165) is 25.1 Å². The van der Waals surface area contributed by atoms with Gasteiger partial charge in [-0.25, -0.2) is 4.39 Å². The van der Waals surface area contributed by atoms with Crippen molar-refractivity contribution in [3.05, 3.63) is 35.6 Å². The number of benzene rings is 1. The lowest BCUT2D eigenvalue weighted by atomic mass is 10.1. The standard InChI is InChI=1S/C14H23FN2/c1-14(2,3)17-10-6-9-16-11-12-7-4-5-8-13(12)15/h4-5,7-8,16-17H,6,9-11H2,1-3H3. The van der Waals surface area contributed by atoms with Crippen LogP contribution in [0.4, 0.5) is 4.39 Å². The quantitative estimate of drug-likeness (QED) is 0.745. The van der Waals surface area contributed by atoms with Gasteiger partial charge in [-0.3, -0.25) is 0 Å². The highest BCUT2D eigenvalue weighted by Gasteiger charge is 2.06. The van der Waals surface area contributed by atoms with Crippen LogP contribution in [0.1, 0.15) is 32.8 Å². The van der Waals surface area contributed by atoms with E-state index >= 15 is 0 Å². The molecule has 0 saturated carbocycles. The molecule has 0 radical (unpaired) electrons. The van der Waals surface area contributed by atoms with Crippen LogP contribution in [0.25, 0.3) is 0 Å². The number of rotatable bonds is 6. The molecule has 3 heteroatoms. The molecule has 0 amide bonds. The van der Waals surface area contributed by atoms with Crippen LogP contribution >= 0.6 is 0 Å². The third-order valence-electron chi connectivity index (χ3n) is 2.46. The second kappa shape index (κ2) is 6.72. The Morgan fingerprint density at radius 3 is 2.47 bits per heavy atom. The van der Waals surface area contributed by atoms with Gasteiger partial charge in [0.2, 0.25) is 0 Å². The third-order valence-corrected chi connectivity index (χ3v) is 2.46. The van der Waals surface area contributed by atoms with Crippen LogP contribution in [0.5, 0.6) is 0 Å². The van der Waals surface area contributed by atoms with E-state index in [0.29, 0.717) is 6.54 Å². The summed E-state index contributed by atoms with van der Waals surface area (Å²) in [5.41, 5.74) is 0.905. The minimum absolute atomic E-state index is 0.132. The molecule has 0 aliphatic rings. The molecule has 0 atom stereocenters.